The summed E-state index contributed by atoms with van der Waals surface area (Å²) in [6.45, 7) is 0. The molecule has 0 bridgehead atoms. The first-order chi connectivity index (χ1) is 13.5. The molecule has 138 valence electrons. The first kappa shape index (κ1) is 18.6. The van der Waals surface area contributed by atoms with Crippen molar-refractivity contribution in [3.63, 3.8) is 0 Å². The molecule has 3 rings (SSSR count). The van der Waals surface area contributed by atoms with Crippen molar-refractivity contribution in [3.8, 4) is 23.1 Å². The van der Waals surface area contributed by atoms with Gasteiger partial charge in [-0.25, -0.2) is 0 Å². The Labute approximate surface area is 160 Å². The maximum absolute atomic E-state index is 12.6. The summed E-state index contributed by atoms with van der Waals surface area (Å²) < 4.78 is 10.7. The van der Waals surface area contributed by atoms with Crippen molar-refractivity contribution in [1.29, 1.82) is 5.26 Å². The molecule has 0 unspecified atom stereocenters. The second kappa shape index (κ2) is 8.01. The number of ether oxygens (including phenoxy) is 1. The summed E-state index contributed by atoms with van der Waals surface area (Å²) in [5, 5.41) is 20.3. The minimum Gasteiger partial charge on any atom is -0.497 e. The summed E-state index contributed by atoms with van der Waals surface area (Å²) >= 11 is 0. The number of nitro benzene ring substituents is 1. The van der Waals surface area contributed by atoms with Gasteiger partial charge in [-0.3, -0.25) is 14.9 Å². The number of allylic oxidation sites excluding steroid dienone is 1. The zero-order chi connectivity index (χ0) is 20.1. The van der Waals surface area contributed by atoms with Crippen molar-refractivity contribution < 1.29 is 18.9 Å². The van der Waals surface area contributed by atoms with Crippen molar-refractivity contribution in [2.24, 2.45) is 0 Å². The normalized spacial score (nSPS) is 10.9. The fourth-order valence-corrected chi connectivity index (χ4v) is 2.57. The summed E-state index contributed by atoms with van der Waals surface area (Å²) in [5.41, 5.74) is 0.675. The third kappa shape index (κ3) is 3.97. The van der Waals surface area contributed by atoms with E-state index in [0.717, 1.165) is 0 Å². The number of carbonyl (C=O) groups is 1. The Bertz CT molecular complexity index is 1120. The highest BCUT2D eigenvalue weighted by Crippen LogP contribution is 2.27. The number of rotatable bonds is 6. The second-order valence-corrected chi connectivity index (χ2v) is 5.74. The van der Waals surface area contributed by atoms with Gasteiger partial charge in [-0.1, -0.05) is 24.3 Å². The molecule has 1 heterocycles. The highest BCUT2D eigenvalue weighted by atomic mass is 16.6. The summed E-state index contributed by atoms with van der Waals surface area (Å²) in [5.74, 6) is 0.721. The Kier molecular flexibility index (Phi) is 5.33. The molecule has 0 aliphatic heterocycles. The minimum atomic E-state index is -0.492. The van der Waals surface area contributed by atoms with Crippen LogP contribution in [0.15, 0.2) is 70.7 Å². The molecule has 0 atom stereocenters. The van der Waals surface area contributed by atoms with Gasteiger partial charge >= 0.3 is 0 Å². The van der Waals surface area contributed by atoms with Crippen LogP contribution < -0.4 is 4.74 Å². The average molecular weight is 374 g/mol. The Morgan fingerprint density at radius 3 is 2.68 bits per heavy atom. The number of nitro groups is 1. The summed E-state index contributed by atoms with van der Waals surface area (Å²) in [7, 11) is 1.49. The minimum absolute atomic E-state index is 0.0584. The van der Waals surface area contributed by atoms with Crippen LogP contribution in [0.2, 0.25) is 0 Å². The van der Waals surface area contributed by atoms with E-state index >= 15 is 0 Å². The van der Waals surface area contributed by atoms with Gasteiger partial charge in [0, 0.05) is 29.3 Å². The molecule has 7 heteroatoms. The standard InChI is InChI=1S/C21H14N2O5/c1-27-18-7-3-5-15(11-18)21(24)16(13-22)12-19-8-9-20(28-19)14-4-2-6-17(10-14)23(25)26/h2-12H,1H3/b16-12+. The van der Waals surface area contributed by atoms with Crippen LogP contribution in [0.4, 0.5) is 5.69 Å². The van der Waals surface area contributed by atoms with Crippen LogP contribution in [0.5, 0.6) is 5.75 Å². The van der Waals surface area contributed by atoms with E-state index in [-0.39, 0.29) is 17.0 Å². The molecule has 0 saturated carbocycles. The molecule has 1 aromatic heterocycles. The Morgan fingerprint density at radius 1 is 1.18 bits per heavy atom. The molecule has 0 aliphatic rings. The van der Waals surface area contributed by atoms with Gasteiger partial charge in [0.1, 0.15) is 28.9 Å². The molecule has 0 saturated heterocycles. The average Bonchev–Trinajstić information content (AvgIpc) is 3.20. The van der Waals surface area contributed by atoms with Crippen LogP contribution in [-0.2, 0) is 0 Å². The number of benzene rings is 2. The number of carbonyl (C=O) groups excluding carboxylic acids is 1. The molecule has 0 spiro atoms. The first-order valence-corrected chi connectivity index (χ1v) is 8.17. The Balaban J connectivity index is 1.90. The van der Waals surface area contributed by atoms with E-state index in [1.54, 1.807) is 48.5 Å². The Hall–Kier alpha value is -4.18. The van der Waals surface area contributed by atoms with Crippen molar-refractivity contribution in [2.45, 2.75) is 0 Å². The number of ketones is 1. The van der Waals surface area contributed by atoms with Gasteiger partial charge in [0.15, 0.2) is 0 Å². The maximum Gasteiger partial charge on any atom is 0.270 e. The highest BCUT2D eigenvalue weighted by molar-refractivity contribution is 6.14. The Morgan fingerprint density at radius 2 is 1.96 bits per heavy atom. The van der Waals surface area contributed by atoms with E-state index in [0.29, 0.717) is 22.6 Å². The summed E-state index contributed by atoms with van der Waals surface area (Å²) in [6, 6.07) is 17.6. The summed E-state index contributed by atoms with van der Waals surface area (Å²) in [4.78, 5) is 23.0. The molecule has 0 fully saturated rings. The van der Waals surface area contributed by atoms with Gasteiger partial charge in [0.2, 0.25) is 5.78 Å². The number of nitriles is 1. The molecule has 0 aliphatic carbocycles. The number of non-ortho nitro benzene ring substituents is 1. The van der Waals surface area contributed by atoms with Gasteiger partial charge in [-0.05, 0) is 24.3 Å². The van der Waals surface area contributed by atoms with Crippen LogP contribution in [0.25, 0.3) is 17.4 Å². The van der Waals surface area contributed by atoms with Crippen LogP contribution in [0.3, 0.4) is 0 Å². The number of hydrogen-bond acceptors (Lipinski definition) is 6. The third-order valence-corrected chi connectivity index (χ3v) is 3.95. The number of methoxy groups -OCH3 is 1. The number of furan rings is 1. The van der Waals surface area contributed by atoms with Gasteiger partial charge in [0.25, 0.3) is 5.69 Å². The highest BCUT2D eigenvalue weighted by Gasteiger charge is 2.15. The van der Waals surface area contributed by atoms with E-state index in [4.69, 9.17) is 9.15 Å². The number of hydrogen-bond donors (Lipinski definition) is 0. The predicted octanol–water partition coefficient (Wildman–Crippen LogP) is 4.65. The molecule has 3 aromatic rings. The lowest BCUT2D eigenvalue weighted by Gasteiger charge is -2.02. The zero-order valence-electron chi connectivity index (χ0n) is 14.8. The van der Waals surface area contributed by atoms with Crippen LogP contribution in [0, 0.1) is 21.4 Å². The summed E-state index contributed by atoms with van der Waals surface area (Å²) in [6.07, 6.45) is 1.34. The maximum atomic E-state index is 12.6. The fraction of sp³-hybridized carbons (Fsp3) is 0.0476. The molecular formula is C21H14N2O5. The van der Waals surface area contributed by atoms with Gasteiger partial charge in [0.05, 0.1) is 12.0 Å². The molecule has 7 nitrogen and oxygen atoms in total. The molecule has 2 aromatic carbocycles. The number of nitrogens with zero attached hydrogens (tertiary/aromatic N) is 2. The van der Waals surface area contributed by atoms with Crippen LogP contribution >= 0.6 is 0 Å². The molecule has 0 amide bonds. The van der Waals surface area contributed by atoms with Crippen LogP contribution in [-0.4, -0.2) is 17.8 Å². The van der Waals surface area contributed by atoms with Gasteiger partial charge < -0.3 is 9.15 Å². The SMILES string of the molecule is COc1cccc(C(=O)/C(C#N)=C/c2ccc(-c3cccc([N+](=O)[O-])c3)o2)c1. The molecule has 28 heavy (non-hydrogen) atoms. The van der Waals surface area contributed by atoms with E-state index < -0.39 is 10.7 Å². The van der Waals surface area contributed by atoms with E-state index in [1.165, 1.54) is 25.3 Å². The van der Waals surface area contributed by atoms with Crippen molar-refractivity contribution in [2.75, 3.05) is 7.11 Å². The number of Topliss-reactive ketones (excluding diaryl/α,β-unsaturated/α-hetero) is 1. The topological polar surface area (TPSA) is 106 Å². The van der Waals surface area contributed by atoms with Crippen LogP contribution in [0.1, 0.15) is 16.1 Å². The monoisotopic (exact) mass is 374 g/mol. The van der Waals surface area contributed by atoms with Crippen molar-refractivity contribution >= 4 is 17.5 Å². The largest absolute Gasteiger partial charge is 0.497 e. The quantitative estimate of drug-likeness (QED) is 0.204. The lowest BCUT2D eigenvalue weighted by Crippen LogP contribution is -2.02. The van der Waals surface area contributed by atoms with Crippen molar-refractivity contribution in [1.82, 2.24) is 0 Å². The molecule has 0 N–H and O–H groups in total. The van der Waals surface area contributed by atoms with E-state index in [9.17, 15) is 20.2 Å². The van der Waals surface area contributed by atoms with Gasteiger partial charge in [-0.15, -0.1) is 0 Å². The zero-order valence-corrected chi connectivity index (χ0v) is 14.8. The fourth-order valence-electron chi connectivity index (χ4n) is 2.57. The lowest BCUT2D eigenvalue weighted by molar-refractivity contribution is -0.384. The lowest BCUT2D eigenvalue weighted by atomic mass is 10.0. The molecule has 0 radical (unpaired) electrons. The van der Waals surface area contributed by atoms with Crippen molar-refractivity contribution in [3.05, 3.63) is 87.7 Å². The van der Waals surface area contributed by atoms with E-state index in [1.807, 2.05) is 6.07 Å². The predicted molar refractivity (Wildman–Crippen MR) is 102 cm³/mol. The van der Waals surface area contributed by atoms with E-state index in [2.05, 4.69) is 0 Å². The smallest absolute Gasteiger partial charge is 0.270 e. The third-order valence-electron chi connectivity index (χ3n) is 3.95. The second-order valence-electron chi connectivity index (χ2n) is 5.74. The van der Waals surface area contributed by atoms with Gasteiger partial charge in [-0.2, -0.15) is 5.26 Å². The first-order valence-electron chi connectivity index (χ1n) is 8.17. The molecular weight excluding hydrogens is 360 g/mol.